The van der Waals surface area contributed by atoms with Gasteiger partial charge in [-0.15, -0.1) is 10.2 Å². The Hall–Kier alpha value is -3.61. The van der Waals surface area contributed by atoms with Gasteiger partial charge in [-0.25, -0.2) is 0 Å². The van der Waals surface area contributed by atoms with Gasteiger partial charge >= 0.3 is 0 Å². The van der Waals surface area contributed by atoms with Crippen LogP contribution in [-0.2, 0) is 6.42 Å². The maximum absolute atomic E-state index is 12.7. The number of carbonyl (C=O) groups is 1. The molecule has 0 radical (unpaired) electrons. The normalized spacial score (nSPS) is 11.1. The number of anilines is 1. The highest BCUT2D eigenvalue weighted by atomic mass is 35.5. The van der Waals surface area contributed by atoms with E-state index >= 15 is 0 Å². The predicted octanol–water partition coefficient (Wildman–Crippen LogP) is 6.80. The molecule has 0 spiro atoms. The summed E-state index contributed by atoms with van der Waals surface area (Å²) < 4.78 is 5.72. The summed E-state index contributed by atoms with van der Waals surface area (Å²) in [5.41, 5.74) is 4.71. The number of aromatic nitrogens is 3. The molecule has 1 N–H and O–H groups in total. The lowest BCUT2D eigenvalue weighted by Crippen LogP contribution is -2.10. The first kappa shape index (κ1) is 21.2. The Balaban J connectivity index is 1.36. The largest absolute Gasteiger partial charge is 0.451 e. The second-order valence-electron chi connectivity index (χ2n) is 7.43. The molecular formula is C25H18Cl2N4O2. The van der Waals surface area contributed by atoms with Gasteiger partial charge < -0.3 is 9.73 Å². The maximum Gasteiger partial charge on any atom is 0.291 e. The summed E-state index contributed by atoms with van der Waals surface area (Å²) in [5, 5.41) is 12.7. The maximum atomic E-state index is 12.7. The lowest BCUT2D eigenvalue weighted by Gasteiger charge is -2.04. The Labute approximate surface area is 199 Å². The molecule has 0 aliphatic rings. The Morgan fingerprint density at radius 1 is 0.970 bits per heavy atom. The highest BCUT2D eigenvalue weighted by Crippen LogP contribution is 2.34. The number of fused-ring (bicyclic) bond motifs is 1. The Morgan fingerprint density at radius 3 is 2.55 bits per heavy atom. The number of furan rings is 1. The molecule has 33 heavy (non-hydrogen) atoms. The highest BCUT2D eigenvalue weighted by molar-refractivity contribution is 6.43. The number of amides is 1. The van der Waals surface area contributed by atoms with Crippen LogP contribution < -0.4 is 5.32 Å². The topological polar surface area (TPSA) is 73.0 Å². The third kappa shape index (κ3) is 4.23. The fourth-order valence-electron chi connectivity index (χ4n) is 3.46. The van der Waals surface area contributed by atoms with Gasteiger partial charge in [0, 0.05) is 11.3 Å². The number of nitrogens with zero attached hydrogens (tertiary/aromatic N) is 3. The Morgan fingerprint density at radius 2 is 1.76 bits per heavy atom. The van der Waals surface area contributed by atoms with Crippen molar-refractivity contribution in [3.05, 3.63) is 94.2 Å². The molecule has 0 aliphatic carbocycles. The van der Waals surface area contributed by atoms with Gasteiger partial charge in [0.05, 0.1) is 15.7 Å². The molecule has 0 saturated heterocycles. The van der Waals surface area contributed by atoms with Gasteiger partial charge in [-0.05, 0) is 66.6 Å². The number of halogens is 2. The van der Waals surface area contributed by atoms with Crippen LogP contribution in [-0.4, -0.2) is 20.9 Å². The monoisotopic (exact) mass is 476 g/mol. The fraction of sp³-hybridized carbons (Fsp3) is 0.0800. The number of hydrogen-bond donors (Lipinski definition) is 1. The van der Waals surface area contributed by atoms with Crippen molar-refractivity contribution in [1.29, 1.82) is 0 Å². The van der Waals surface area contributed by atoms with Crippen molar-refractivity contribution in [2.45, 2.75) is 13.3 Å². The van der Waals surface area contributed by atoms with Gasteiger partial charge in [-0.1, -0.05) is 48.3 Å². The third-order valence-corrected chi connectivity index (χ3v) is 6.08. The van der Waals surface area contributed by atoms with Gasteiger partial charge in [0.25, 0.3) is 5.91 Å². The van der Waals surface area contributed by atoms with E-state index in [9.17, 15) is 4.79 Å². The van der Waals surface area contributed by atoms with E-state index in [1.54, 1.807) is 47.3 Å². The summed E-state index contributed by atoms with van der Waals surface area (Å²) in [7, 11) is 0. The van der Waals surface area contributed by atoms with Crippen LogP contribution >= 0.6 is 23.2 Å². The van der Waals surface area contributed by atoms with Gasteiger partial charge in [0.1, 0.15) is 16.8 Å². The van der Waals surface area contributed by atoms with Crippen LogP contribution in [0.1, 0.15) is 23.0 Å². The zero-order valence-electron chi connectivity index (χ0n) is 17.5. The lowest BCUT2D eigenvalue weighted by molar-refractivity contribution is 0.0997. The number of nitrogens with one attached hydrogen (secondary N) is 1. The van der Waals surface area contributed by atoms with Gasteiger partial charge in [0.15, 0.2) is 5.76 Å². The van der Waals surface area contributed by atoms with Crippen LogP contribution in [0.2, 0.25) is 10.0 Å². The number of benzene rings is 3. The molecule has 2 aromatic heterocycles. The minimum absolute atomic E-state index is 0.154. The van der Waals surface area contributed by atoms with Crippen molar-refractivity contribution in [3.63, 3.8) is 0 Å². The van der Waals surface area contributed by atoms with Crippen LogP contribution in [0, 0.1) is 0 Å². The van der Waals surface area contributed by atoms with E-state index in [0.29, 0.717) is 32.6 Å². The van der Waals surface area contributed by atoms with Crippen molar-refractivity contribution < 1.29 is 9.21 Å². The van der Waals surface area contributed by atoms with Crippen LogP contribution in [0.3, 0.4) is 0 Å². The average molecular weight is 477 g/mol. The molecule has 1 amide bonds. The zero-order valence-corrected chi connectivity index (χ0v) is 19.1. The number of hydrogen-bond acceptors (Lipinski definition) is 4. The molecule has 164 valence electrons. The molecule has 5 aromatic rings. The number of aryl methyl sites for hydroxylation is 1. The predicted molar refractivity (Wildman–Crippen MR) is 130 cm³/mol. The van der Waals surface area contributed by atoms with Crippen molar-refractivity contribution in [2.24, 2.45) is 0 Å². The average Bonchev–Trinajstić information content (AvgIpc) is 3.48. The van der Waals surface area contributed by atoms with Crippen LogP contribution in [0.15, 0.2) is 77.2 Å². The van der Waals surface area contributed by atoms with E-state index in [2.05, 4.69) is 34.6 Å². The van der Waals surface area contributed by atoms with E-state index < -0.39 is 0 Å². The molecule has 0 saturated carbocycles. The third-order valence-electron chi connectivity index (χ3n) is 5.26. The quantitative estimate of drug-likeness (QED) is 0.302. The van der Waals surface area contributed by atoms with Crippen LogP contribution in [0.4, 0.5) is 5.69 Å². The van der Waals surface area contributed by atoms with Crippen molar-refractivity contribution in [1.82, 2.24) is 15.0 Å². The summed E-state index contributed by atoms with van der Waals surface area (Å²) in [6.07, 6.45) is 0.973. The van der Waals surface area contributed by atoms with Gasteiger partial charge in [-0.2, -0.15) is 4.80 Å². The van der Waals surface area contributed by atoms with E-state index in [4.69, 9.17) is 27.6 Å². The minimum Gasteiger partial charge on any atom is -0.451 e. The second kappa shape index (κ2) is 8.73. The summed E-state index contributed by atoms with van der Waals surface area (Å²) in [4.78, 5) is 14.3. The van der Waals surface area contributed by atoms with Crippen molar-refractivity contribution in [2.75, 3.05) is 5.32 Å². The molecule has 0 fully saturated rings. The molecule has 0 atom stereocenters. The molecular weight excluding hydrogens is 459 g/mol. The molecule has 6 nitrogen and oxygen atoms in total. The van der Waals surface area contributed by atoms with E-state index in [1.807, 2.05) is 18.2 Å². The zero-order chi connectivity index (χ0) is 22.9. The SMILES string of the molecule is CCc1ccc(-n2nc3ccc(NC(=O)c4ccc(-c5cccc(Cl)c5Cl)o4)cc3n2)cc1. The molecule has 0 unspecified atom stereocenters. The van der Waals surface area contributed by atoms with Crippen molar-refractivity contribution >= 4 is 45.8 Å². The Bertz CT molecular complexity index is 1470. The second-order valence-corrected chi connectivity index (χ2v) is 8.22. The smallest absolute Gasteiger partial charge is 0.291 e. The lowest BCUT2D eigenvalue weighted by atomic mass is 10.2. The first-order valence-electron chi connectivity index (χ1n) is 10.3. The first-order chi connectivity index (χ1) is 16.0. The van der Waals surface area contributed by atoms with Gasteiger partial charge in [0.2, 0.25) is 0 Å². The summed E-state index contributed by atoms with van der Waals surface area (Å²) in [6, 6.07) is 22.0. The van der Waals surface area contributed by atoms with Crippen molar-refractivity contribution in [3.8, 4) is 17.0 Å². The molecule has 2 heterocycles. The Kier molecular flexibility index (Phi) is 5.62. The van der Waals surface area contributed by atoms with Crippen LogP contribution in [0.25, 0.3) is 28.0 Å². The van der Waals surface area contributed by atoms with E-state index in [1.165, 1.54) is 5.56 Å². The summed E-state index contributed by atoms with van der Waals surface area (Å²) >= 11 is 12.3. The number of rotatable bonds is 5. The molecule has 0 bridgehead atoms. The summed E-state index contributed by atoms with van der Waals surface area (Å²) in [5.74, 6) is 0.224. The van der Waals surface area contributed by atoms with E-state index in [0.717, 1.165) is 17.6 Å². The molecule has 5 rings (SSSR count). The number of carbonyl (C=O) groups excluding carboxylic acids is 1. The molecule has 0 aliphatic heterocycles. The standard InChI is InChI=1S/C25H18Cl2N4O2/c1-2-15-6-9-17(10-7-15)31-29-20-11-8-16(14-21(20)30-31)28-25(32)23-13-12-22(33-23)18-4-3-5-19(26)24(18)27/h3-14H,2H2,1H3,(H,28,32). The molecule has 8 heteroatoms. The summed E-state index contributed by atoms with van der Waals surface area (Å²) in [6.45, 7) is 2.11. The molecule has 3 aromatic carbocycles. The highest BCUT2D eigenvalue weighted by Gasteiger charge is 2.16. The van der Waals surface area contributed by atoms with Gasteiger partial charge in [-0.3, -0.25) is 4.79 Å². The minimum atomic E-state index is -0.388. The fourth-order valence-corrected chi connectivity index (χ4v) is 3.86. The van der Waals surface area contributed by atoms with Crippen LogP contribution in [0.5, 0.6) is 0 Å². The first-order valence-corrected chi connectivity index (χ1v) is 11.1. The van der Waals surface area contributed by atoms with E-state index in [-0.39, 0.29) is 11.7 Å².